The molecule has 3 aromatic carbocycles. The fourth-order valence-electron chi connectivity index (χ4n) is 6.12. The summed E-state index contributed by atoms with van der Waals surface area (Å²) in [7, 11) is 1.52. The first-order valence-corrected chi connectivity index (χ1v) is 12.4. The van der Waals surface area contributed by atoms with Gasteiger partial charge < -0.3 is 10.1 Å². The number of halogens is 2. The maximum absolute atomic E-state index is 13.8. The molecule has 1 heterocycles. The van der Waals surface area contributed by atoms with Gasteiger partial charge >= 0.3 is 0 Å². The third kappa shape index (κ3) is 2.88. The molecule has 6 nitrogen and oxygen atoms in total. The second-order valence-corrected chi connectivity index (χ2v) is 10.5. The second-order valence-electron chi connectivity index (χ2n) is 9.30. The zero-order valence-electron chi connectivity index (χ0n) is 19.3. The lowest BCUT2D eigenvalue weighted by atomic mass is 9.54. The molecule has 3 aromatic rings. The van der Waals surface area contributed by atoms with E-state index < -0.39 is 33.4 Å². The van der Waals surface area contributed by atoms with E-state index in [-0.39, 0.29) is 18.9 Å². The van der Waals surface area contributed by atoms with E-state index in [1.165, 1.54) is 7.11 Å². The molecule has 0 spiro atoms. The number of nitrogens with zero attached hydrogens (tertiary/aromatic N) is 1. The molecule has 7 rings (SSSR count). The molecule has 36 heavy (non-hydrogen) atoms. The Labute approximate surface area is 218 Å². The zero-order valence-corrected chi connectivity index (χ0v) is 20.8. The van der Waals surface area contributed by atoms with Crippen molar-refractivity contribution in [3.63, 3.8) is 0 Å². The van der Waals surface area contributed by atoms with Crippen molar-refractivity contribution in [3.05, 3.63) is 95.1 Å². The Bertz CT molecular complexity index is 1320. The molecule has 0 unspecified atom stereocenters. The first-order chi connectivity index (χ1) is 17.3. The molecule has 0 aromatic heterocycles. The number of anilines is 1. The van der Waals surface area contributed by atoms with Crippen molar-refractivity contribution in [3.8, 4) is 5.75 Å². The maximum atomic E-state index is 13.8. The number of rotatable bonds is 5. The Morgan fingerprint density at radius 1 is 0.833 bits per heavy atom. The number of likely N-dealkylation sites (tertiary alicyclic amines) is 1. The number of hydrogen-bond acceptors (Lipinski definition) is 4. The fourth-order valence-corrected chi connectivity index (χ4v) is 7.22. The smallest absolute Gasteiger partial charge is 0.235 e. The van der Waals surface area contributed by atoms with Crippen LogP contribution in [0.3, 0.4) is 0 Å². The molecule has 1 aliphatic heterocycles. The Balaban J connectivity index is 1.34. The van der Waals surface area contributed by atoms with Crippen LogP contribution in [0.5, 0.6) is 5.75 Å². The number of nitrogens with one attached hydrogen (secondary N) is 1. The number of alkyl halides is 2. The molecule has 182 valence electrons. The summed E-state index contributed by atoms with van der Waals surface area (Å²) in [6.07, 6.45) is -0.0700. The van der Waals surface area contributed by atoms with Crippen LogP contribution in [0.4, 0.5) is 5.69 Å². The monoisotopic (exact) mass is 520 g/mol. The van der Waals surface area contributed by atoms with Gasteiger partial charge in [-0.05, 0) is 34.4 Å². The highest BCUT2D eigenvalue weighted by Crippen LogP contribution is 2.69. The van der Waals surface area contributed by atoms with Gasteiger partial charge in [-0.1, -0.05) is 60.7 Å². The highest BCUT2D eigenvalue weighted by Gasteiger charge is 2.72. The minimum absolute atomic E-state index is 0.0700. The lowest BCUT2D eigenvalue weighted by Gasteiger charge is -2.54. The average Bonchev–Trinajstić information content (AvgIpc) is 3.16. The van der Waals surface area contributed by atoms with Crippen LogP contribution in [0.25, 0.3) is 0 Å². The van der Waals surface area contributed by atoms with Crippen molar-refractivity contribution in [1.29, 1.82) is 0 Å². The molecule has 2 atom stereocenters. The molecule has 1 fully saturated rings. The number of imide groups is 1. The van der Waals surface area contributed by atoms with Gasteiger partial charge in [0.15, 0.2) is 0 Å². The summed E-state index contributed by atoms with van der Waals surface area (Å²) in [6.45, 7) is -0.0712. The second kappa shape index (κ2) is 8.08. The third-order valence-electron chi connectivity index (χ3n) is 7.62. The quantitative estimate of drug-likeness (QED) is 0.393. The number of carbonyl (C=O) groups is 3. The molecule has 3 amide bonds. The SMILES string of the molecule is COc1ccccc1NC(=O)CCN1C(=O)[C@@H]2[C@@H](C1=O)C1(Cl)c3ccccc3C2(Cl)c2ccccc21. The van der Waals surface area contributed by atoms with Crippen molar-refractivity contribution in [2.45, 2.75) is 16.2 Å². The van der Waals surface area contributed by atoms with E-state index in [0.717, 1.165) is 27.2 Å². The first-order valence-electron chi connectivity index (χ1n) is 11.7. The van der Waals surface area contributed by atoms with E-state index in [9.17, 15) is 14.4 Å². The molecular formula is C28H22Cl2N2O4. The third-order valence-corrected chi connectivity index (χ3v) is 8.90. The fraction of sp³-hybridized carbons (Fsp3) is 0.250. The number of methoxy groups -OCH3 is 1. The minimum Gasteiger partial charge on any atom is -0.495 e. The number of hydrogen-bond donors (Lipinski definition) is 1. The van der Waals surface area contributed by atoms with Crippen LogP contribution in [0, 0.1) is 11.8 Å². The van der Waals surface area contributed by atoms with Crippen LogP contribution in [0.1, 0.15) is 28.7 Å². The van der Waals surface area contributed by atoms with Gasteiger partial charge in [0.05, 0.1) is 24.6 Å². The van der Waals surface area contributed by atoms with Gasteiger partial charge in [0.2, 0.25) is 17.7 Å². The summed E-state index contributed by atoms with van der Waals surface area (Å²) in [5.74, 6) is -2.37. The van der Waals surface area contributed by atoms with E-state index in [1.54, 1.807) is 24.3 Å². The number of ether oxygens (including phenoxy) is 1. The normalized spacial score (nSPS) is 27.4. The number of benzene rings is 3. The summed E-state index contributed by atoms with van der Waals surface area (Å²) in [4.78, 5) is 39.0. The highest BCUT2D eigenvalue weighted by atomic mass is 35.5. The van der Waals surface area contributed by atoms with Gasteiger partial charge in [0.25, 0.3) is 0 Å². The van der Waals surface area contributed by atoms with Crippen LogP contribution in [0.15, 0.2) is 72.8 Å². The van der Waals surface area contributed by atoms with Crippen molar-refractivity contribution in [2.75, 3.05) is 19.0 Å². The van der Waals surface area contributed by atoms with E-state index >= 15 is 0 Å². The van der Waals surface area contributed by atoms with Gasteiger partial charge in [-0.15, -0.1) is 23.2 Å². The Morgan fingerprint density at radius 3 is 1.75 bits per heavy atom. The van der Waals surface area contributed by atoms with Crippen molar-refractivity contribution in [2.24, 2.45) is 11.8 Å². The van der Waals surface area contributed by atoms with Crippen molar-refractivity contribution >= 4 is 46.6 Å². The first kappa shape index (κ1) is 23.1. The number of carbonyl (C=O) groups excluding carboxylic acids is 3. The molecule has 1 N–H and O–H groups in total. The zero-order chi connectivity index (χ0) is 25.2. The average molecular weight is 521 g/mol. The van der Waals surface area contributed by atoms with Crippen LogP contribution in [-0.2, 0) is 24.1 Å². The number of amides is 3. The van der Waals surface area contributed by atoms with Gasteiger partial charge in [-0.2, -0.15) is 0 Å². The van der Waals surface area contributed by atoms with E-state index in [2.05, 4.69) is 5.32 Å². The van der Waals surface area contributed by atoms with Gasteiger partial charge in [-0.25, -0.2) is 0 Å². The van der Waals surface area contributed by atoms with Gasteiger partial charge in [-0.3, -0.25) is 19.3 Å². The molecule has 1 saturated heterocycles. The molecular weight excluding hydrogens is 499 g/mol. The topological polar surface area (TPSA) is 75.7 Å². The Hall–Kier alpha value is -3.35. The lowest BCUT2D eigenvalue weighted by molar-refractivity contribution is -0.140. The summed E-state index contributed by atoms with van der Waals surface area (Å²) in [6, 6.07) is 22.0. The van der Waals surface area contributed by atoms with Gasteiger partial charge in [0, 0.05) is 13.0 Å². The lowest BCUT2D eigenvalue weighted by Crippen LogP contribution is -2.57. The van der Waals surface area contributed by atoms with Crippen molar-refractivity contribution < 1.29 is 19.1 Å². The minimum atomic E-state index is -1.23. The largest absolute Gasteiger partial charge is 0.495 e. The summed E-state index contributed by atoms with van der Waals surface area (Å²) >= 11 is 14.8. The van der Waals surface area contributed by atoms with Crippen LogP contribution < -0.4 is 10.1 Å². The van der Waals surface area contributed by atoms with E-state index in [4.69, 9.17) is 27.9 Å². The maximum Gasteiger partial charge on any atom is 0.235 e. The molecule has 0 saturated carbocycles. The molecule has 4 aliphatic rings. The molecule has 2 bridgehead atoms. The van der Waals surface area contributed by atoms with E-state index in [1.807, 2.05) is 48.5 Å². The Morgan fingerprint density at radius 2 is 1.28 bits per heavy atom. The predicted octanol–water partition coefficient (Wildman–Crippen LogP) is 4.62. The standard InChI is InChI=1S/C28H22Cl2N2O4/c1-36-21-13-7-6-12-20(21)31-22(33)14-15-32-25(34)23-24(26(32)35)28(30)17-9-3-2-8-16(17)27(23,29)18-10-4-5-11-19(18)28/h2-13,23-24H,14-15H2,1H3,(H,31,33)/t23-,24-,27?,28?/m0/s1. The summed E-state index contributed by atoms with van der Waals surface area (Å²) < 4.78 is 5.27. The van der Waals surface area contributed by atoms with Crippen molar-refractivity contribution in [1.82, 2.24) is 4.90 Å². The highest BCUT2D eigenvalue weighted by molar-refractivity contribution is 6.36. The van der Waals surface area contributed by atoms with Crippen LogP contribution in [0.2, 0.25) is 0 Å². The summed E-state index contributed by atoms with van der Waals surface area (Å²) in [5, 5.41) is 2.79. The molecule has 3 aliphatic carbocycles. The summed E-state index contributed by atoms with van der Waals surface area (Å²) in [5.41, 5.74) is 3.51. The van der Waals surface area contributed by atoms with Crippen LogP contribution >= 0.6 is 23.2 Å². The van der Waals surface area contributed by atoms with Gasteiger partial charge in [0.1, 0.15) is 15.5 Å². The van der Waals surface area contributed by atoms with E-state index in [0.29, 0.717) is 11.4 Å². The van der Waals surface area contributed by atoms with Crippen LogP contribution in [-0.4, -0.2) is 36.3 Å². The predicted molar refractivity (Wildman–Crippen MR) is 136 cm³/mol. The molecule has 0 radical (unpaired) electrons. The molecule has 8 heteroatoms. The number of para-hydroxylation sites is 2. The Kier molecular flexibility index (Phi) is 5.18.